The molecular formula is C14H10ClN3O4. The van der Waals surface area contributed by atoms with Crippen LogP contribution in [0.25, 0.3) is 0 Å². The van der Waals surface area contributed by atoms with Crippen LogP contribution in [0.15, 0.2) is 47.6 Å². The van der Waals surface area contributed by atoms with Crippen LogP contribution in [0, 0.1) is 10.1 Å². The predicted octanol–water partition coefficient (Wildman–Crippen LogP) is 2.72. The van der Waals surface area contributed by atoms with Crippen molar-refractivity contribution >= 4 is 29.4 Å². The van der Waals surface area contributed by atoms with Gasteiger partial charge in [-0.25, -0.2) is 5.43 Å². The Labute approximate surface area is 130 Å². The lowest BCUT2D eigenvalue weighted by Crippen LogP contribution is -2.17. The summed E-state index contributed by atoms with van der Waals surface area (Å²) in [5.41, 5.74) is 2.50. The smallest absolute Gasteiger partial charge is 0.271 e. The number of phenolic OH excluding ortho intramolecular Hbond substituents is 1. The Morgan fingerprint density at radius 3 is 2.77 bits per heavy atom. The van der Waals surface area contributed by atoms with Crippen LogP contribution in [0.3, 0.4) is 0 Å². The molecule has 7 nitrogen and oxygen atoms in total. The third kappa shape index (κ3) is 3.80. The van der Waals surface area contributed by atoms with Crippen LogP contribution < -0.4 is 5.43 Å². The quantitative estimate of drug-likeness (QED) is 0.513. The SMILES string of the molecule is O=C(NN=Cc1ccc(Cl)cc1O)c1cccc([N+](=O)[O-])c1. The van der Waals surface area contributed by atoms with Crippen molar-refractivity contribution in [2.75, 3.05) is 0 Å². The normalized spacial score (nSPS) is 10.6. The Morgan fingerprint density at radius 1 is 1.32 bits per heavy atom. The number of nitro benzene ring substituents is 1. The molecule has 8 heteroatoms. The van der Waals surface area contributed by atoms with Gasteiger partial charge in [0.1, 0.15) is 5.75 Å². The Morgan fingerprint density at radius 2 is 2.09 bits per heavy atom. The molecule has 0 unspecified atom stereocenters. The third-order valence-electron chi connectivity index (χ3n) is 2.68. The number of nitrogens with one attached hydrogen (secondary N) is 1. The van der Waals surface area contributed by atoms with Gasteiger partial charge in [-0.3, -0.25) is 14.9 Å². The zero-order chi connectivity index (χ0) is 16.1. The molecule has 2 aromatic rings. The summed E-state index contributed by atoms with van der Waals surface area (Å²) in [6.07, 6.45) is 1.24. The number of halogens is 1. The van der Waals surface area contributed by atoms with Gasteiger partial charge >= 0.3 is 0 Å². The Balaban J connectivity index is 2.08. The van der Waals surface area contributed by atoms with Crippen molar-refractivity contribution < 1.29 is 14.8 Å². The summed E-state index contributed by atoms with van der Waals surface area (Å²) >= 11 is 5.69. The maximum atomic E-state index is 11.8. The molecule has 0 aliphatic carbocycles. The van der Waals surface area contributed by atoms with E-state index >= 15 is 0 Å². The fourth-order valence-electron chi connectivity index (χ4n) is 1.61. The second-order valence-electron chi connectivity index (χ2n) is 4.21. The molecule has 2 aromatic carbocycles. The molecule has 0 radical (unpaired) electrons. The zero-order valence-electron chi connectivity index (χ0n) is 11.1. The monoisotopic (exact) mass is 319 g/mol. The van der Waals surface area contributed by atoms with Crippen molar-refractivity contribution in [2.24, 2.45) is 5.10 Å². The van der Waals surface area contributed by atoms with Crippen LogP contribution >= 0.6 is 11.6 Å². The molecule has 0 aromatic heterocycles. The fourth-order valence-corrected chi connectivity index (χ4v) is 1.78. The molecule has 0 saturated carbocycles. The van der Waals surface area contributed by atoms with Crippen LogP contribution in [0.2, 0.25) is 5.02 Å². The lowest BCUT2D eigenvalue weighted by molar-refractivity contribution is -0.384. The van der Waals surface area contributed by atoms with Crippen molar-refractivity contribution in [3.8, 4) is 5.75 Å². The van der Waals surface area contributed by atoms with Gasteiger partial charge in [0.05, 0.1) is 11.1 Å². The minimum atomic E-state index is -0.603. The highest BCUT2D eigenvalue weighted by Crippen LogP contribution is 2.20. The Bertz CT molecular complexity index is 762. The van der Waals surface area contributed by atoms with Crippen LogP contribution in [-0.2, 0) is 0 Å². The predicted molar refractivity (Wildman–Crippen MR) is 81.3 cm³/mol. The number of non-ortho nitro benzene ring substituents is 1. The summed E-state index contributed by atoms with van der Waals surface area (Å²) in [5, 5.41) is 24.3. The van der Waals surface area contributed by atoms with E-state index in [1.54, 1.807) is 6.07 Å². The molecule has 112 valence electrons. The van der Waals surface area contributed by atoms with E-state index in [1.165, 1.54) is 36.5 Å². The number of nitrogens with zero attached hydrogens (tertiary/aromatic N) is 2. The molecule has 1 amide bonds. The van der Waals surface area contributed by atoms with Gasteiger partial charge in [-0.1, -0.05) is 17.7 Å². The molecule has 0 atom stereocenters. The summed E-state index contributed by atoms with van der Waals surface area (Å²) in [7, 11) is 0. The first-order valence-electron chi connectivity index (χ1n) is 6.04. The number of carbonyl (C=O) groups excluding carboxylic acids is 1. The average molecular weight is 320 g/mol. The number of benzene rings is 2. The molecule has 0 bridgehead atoms. The van der Waals surface area contributed by atoms with Crippen LogP contribution in [0.4, 0.5) is 5.69 Å². The van der Waals surface area contributed by atoms with Crippen molar-refractivity contribution in [1.82, 2.24) is 5.43 Å². The van der Waals surface area contributed by atoms with Crippen LogP contribution in [0.5, 0.6) is 5.75 Å². The summed E-state index contributed by atoms with van der Waals surface area (Å²) < 4.78 is 0. The van der Waals surface area contributed by atoms with Gasteiger partial charge < -0.3 is 5.11 Å². The largest absolute Gasteiger partial charge is 0.507 e. The number of aromatic hydroxyl groups is 1. The molecule has 22 heavy (non-hydrogen) atoms. The number of phenols is 1. The Hall–Kier alpha value is -2.93. The van der Waals surface area contributed by atoms with E-state index in [2.05, 4.69) is 10.5 Å². The van der Waals surface area contributed by atoms with Crippen LogP contribution in [-0.4, -0.2) is 22.2 Å². The second kappa shape index (κ2) is 6.68. The number of rotatable bonds is 4. The zero-order valence-corrected chi connectivity index (χ0v) is 11.8. The molecule has 0 heterocycles. The molecule has 0 aliphatic heterocycles. The first-order valence-corrected chi connectivity index (χ1v) is 6.41. The van der Waals surface area contributed by atoms with E-state index in [-0.39, 0.29) is 17.0 Å². The summed E-state index contributed by atoms with van der Waals surface area (Å²) in [4.78, 5) is 21.9. The number of amides is 1. The van der Waals surface area contributed by atoms with Gasteiger partial charge in [0, 0.05) is 28.3 Å². The third-order valence-corrected chi connectivity index (χ3v) is 2.92. The maximum Gasteiger partial charge on any atom is 0.271 e. The number of hydrazone groups is 1. The van der Waals surface area contributed by atoms with E-state index in [0.717, 1.165) is 6.07 Å². The van der Waals surface area contributed by atoms with E-state index in [1.807, 2.05) is 0 Å². The lowest BCUT2D eigenvalue weighted by Gasteiger charge is -2.01. The lowest BCUT2D eigenvalue weighted by atomic mass is 10.2. The summed E-state index contributed by atoms with van der Waals surface area (Å²) in [6.45, 7) is 0. The van der Waals surface area contributed by atoms with Gasteiger partial charge in [0.25, 0.3) is 11.6 Å². The van der Waals surface area contributed by atoms with Gasteiger partial charge in [-0.15, -0.1) is 0 Å². The van der Waals surface area contributed by atoms with Gasteiger partial charge in [0.15, 0.2) is 0 Å². The number of hydrogen-bond acceptors (Lipinski definition) is 5. The maximum absolute atomic E-state index is 11.8. The first-order chi connectivity index (χ1) is 10.5. The van der Waals surface area contributed by atoms with E-state index in [4.69, 9.17) is 11.6 Å². The first kappa shape index (κ1) is 15.5. The van der Waals surface area contributed by atoms with Crippen molar-refractivity contribution in [3.63, 3.8) is 0 Å². The molecular weight excluding hydrogens is 310 g/mol. The van der Waals surface area contributed by atoms with E-state index in [9.17, 15) is 20.0 Å². The highest BCUT2D eigenvalue weighted by atomic mass is 35.5. The highest BCUT2D eigenvalue weighted by Gasteiger charge is 2.10. The highest BCUT2D eigenvalue weighted by molar-refractivity contribution is 6.30. The molecule has 0 spiro atoms. The number of carbonyl (C=O) groups is 1. The van der Waals surface area contributed by atoms with Crippen LogP contribution in [0.1, 0.15) is 15.9 Å². The number of nitro groups is 1. The molecule has 2 rings (SSSR count). The topological polar surface area (TPSA) is 105 Å². The summed E-state index contributed by atoms with van der Waals surface area (Å²) in [6, 6.07) is 9.69. The minimum absolute atomic E-state index is 0.0825. The molecule has 0 aliphatic rings. The second-order valence-corrected chi connectivity index (χ2v) is 4.65. The van der Waals surface area contributed by atoms with Crippen molar-refractivity contribution in [3.05, 3.63) is 68.7 Å². The van der Waals surface area contributed by atoms with Crippen molar-refractivity contribution in [1.29, 1.82) is 0 Å². The minimum Gasteiger partial charge on any atom is -0.507 e. The van der Waals surface area contributed by atoms with E-state index in [0.29, 0.717) is 10.6 Å². The van der Waals surface area contributed by atoms with Gasteiger partial charge in [-0.2, -0.15) is 5.10 Å². The molecule has 2 N–H and O–H groups in total. The fraction of sp³-hybridized carbons (Fsp3) is 0. The van der Waals surface area contributed by atoms with Crippen molar-refractivity contribution in [2.45, 2.75) is 0 Å². The molecule has 0 fully saturated rings. The number of hydrogen-bond donors (Lipinski definition) is 2. The van der Waals surface area contributed by atoms with Gasteiger partial charge in [-0.05, 0) is 24.3 Å². The standard InChI is InChI=1S/C14H10ClN3O4/c15-11-5-4-10(13(19)7-11)8-16-17-14(20)9-2-1-3-12(6-9)18(21)22/h1-8,19H,(H,17,20). The molecule has 0 saturated heterocycles. The summed E-state index contributed by atoms with van der Waals surface area (Å²) in [5.74, 6) is -0.686. The average Bonchev–Trinajstić information content (AvgIpc) is 2.49. The van der Waals surface area contributed by atoms with Gasteiger partial charge in [0.2, 0.25) is 0 Å². The van der Waals surface area contributed by atoms with E-state index < -0.39 is 10.8 Å². The Kier molecular flexibility index (Phi) is 4.70.